The third-order valence-corrected chi connectivity index (χ3v) is 3.38. The van der Waals surface area contributed by atoms with Crippen molar-refractivity contribution in [3.63, 3.8) is 0 Å². The molecule has 0 radical (unpaired) electrons. The number of benzene rings is 1. The van der Waals surface area contributed by atoms with Gasteiger partial charge in [0.15, 0.2) is 6.10 Å². The lowest BCUT2D eigenvalue weighted by Gasteiger charge is -2.19. The lowest BCUT2D eigenvalue weighted by Crippen LogP contribution is -2.33. The lowest BCUT2D eigenvalue weighted by molar-refractivity contribution is -0.153. The van der Waals surface area contributed by atoms with E-state index in [1.54, 1.807) is 45.0 Å². The first-order chi connectivity index (χ1) is 13.5. The molecule has 0 heterocycles. The van der Waals surface area contributed by atoms with Crippen molar-refractivity contribution in [2.45, 2.75) is 59.2 Å². The van der Waals surface area contributed by atoms with Crippen molar-refractivity contribution in [1.29, 1.82) is 0 Å². The molecule has 0 bridgehead atoms. The number of carbonyl (C=O) groups excluding carboxylic acids is 4. The Kier molecular flexibility index (Phi) is 9.11. The molecule has 9 nitrogen and oxygen atoms in total. The molecule has 3 amide bonds. The summed E-state index contributed by atoms with van der Waals surface area (Å²) >= 11 is 0. The third-order valence-electron chi connectivity index (χ3n) is 3.38. The van der Waals surface area contributed by atoms with Gasteiger partial charge in [0.1, 0.15) is 5.60 Å². The minimum absolute atomic E-state index is 0.0544. The Hall–Kier alpha value is -3.10. The van der Waals surface area contributed by atoms with Crippen LogP contribution in [0.4, 0.5) is 16.2 Å². The van der Waals surface area contributed by atoms with Crippen molar-refractivity contribution in [2.75, 3.05) is 17.2 Å². The highest BCUT2D eigenvalue weighted by atomic mass is 16.6. The van der Waals surface area contributed by atoms with E-state index in [9.17, 15) is 19.2 Å². The van der Waals surface area contributed by atoms with Crippen LogP contribution in [0.2, 0.25) is 0 Å². The molecule has 0 aliphatic rings. The maximum absolute atomic E-state index is 12.1. The fourth-order valence-corrected chi connectivity index (χ4v) is 2.13. The third kappa shape index (κ3) is 10.7. The monoisotopic (exact) mass is 407 g/mol. The number of nitrogens with one attached hydrogen (secondary N) is 3. The quantitative estimate of drug-likeness (QED) is 0.450. The highest BCUT2D eigenvalue weighted by molar-refractivity contribution is 5.95. The maximum Gasteiger partial charge on any atom is 0.407 e. The number of hydrogen-bond donors (Lipinski definition) is 3. The van der Waals surface area contributed by atoms with Crippen LogP contribution in [0, 0.1) is 0 Å². The minimum atomic E-state index is -0.976. The number of amides is 3. The standard InChI is InChI=1S/C20H29N3O6/c1-13(18(26)23-16-10-8-15(9-11-16)22-14(2)24)28-17(25)7-6-12-21-19(27)29-20(3,4)5/h8-11,13H,6-7,12H2,1-5H3,(H,21,27)(H,22,24)(H,23,26)/t13-/m1/s1. The van der Waals surface area contributed by atoms with Gasteiger partial charge >= 0.3 is 12.1 Å². The molecule has 0 saturated carbocycles. The Labute approximate surface area is 170 Å². The van der Waals surface area contributed by atoms with Crippen LogP contribution in [0.15, 0.2) is 24.3 Å². The van der Waals surface area contributed by atoms with Crippen LogP contribution in [0.1, 0.15) is 47.5 Å². The molecule has 1 aromatic rings. The van der Waals surface area contributed by atoms with Crippen molar-refractivity contribution in [1.82, 2.24) is 5.32 Å². The number of hydrogen-bond acceptors (Lipinski definition) is 6. The van der Waals surface area contributed by atoms with Gasteiger partial charge in [-0.3, -0.25) is 14.4 Å². The van der Waals surface area contributed by atoms with Gasteiger partial charge in [0.25, 0.3) is 5.91 Å². The molecule has 29 heavy (non-hydrogen) atoms. The Balaban J connectivity index is 2.32. The largest absolute Gasteiger partial charge is 0.453 e. The topological polar surface area (TPSA) is 123 Å². The number of alkyl carbamates (subject to hydrolysis) is 1. The van der Waals surface area contributed by atoms with Gasteiger partial charge in [-0.05, 0) is 58.4 Å². The summed E-state index contributed by atoms with van der Waals surface area (Å²) in [5.74, 6) is -1.21. The molecule has 0 aliphatic heterocycles. The zero-order valence-electron chi connectivity index (χ0n) is 17.5. The molecule has 1 aromatic carbocycles. The molecule has 0 spiro atoms. The van der Waals surface area contributed by atoms with Crippen molar-refractivity contribution in [2.24, 2.45) is 0 Å². The van der Waals surface area contributed by atoms with Crippen molar-refractivity contribution in [3.05, 3.63) is 24.3 Å². The van der Waals surface area contributed by atoms with E-state index in [1.807, 2.05) is 0 Å². The van der Waals surface area contributed by atoms with Crippen LogP contribution >= 0.6 is 0 Å². The van der Waals surface area contributed by atoms with Crippen LogP contribution < -0.4 is 16.0 Å². The second-order valence-electron chi connectivity index (χ2n) is 7.41. The predicted octanol–water partition coefficient (Wildman–Crippen LogP) is 2.82. The SMILES string of the molecule is CC(=O)Nc1ccc(NC(=O)[C@@H](C)OC(=O)CCCNC(=O)OC(C)(C)C)cc1. The van der Waals surface area contributed by atoms with Gasteiger partial charge in [0.2, 0.25) is 5.91 Å². The smallest absolute Gasteiger partial charge is 0.407 e. The number of anilines is 2. The molecule has 3 N–H and O–H groups in total. The highest BCUT2D eigenvalue weighted by Crippen LogP contribution is 2.14. The lowest BCUT2D eigenvalue weighted by atomic mass is 10.2. The van der Waals surface area contributed by atoms with E-state index in [4.69, 9.17) is 9.47 Å². The van der Waals surface area contributed by atoms with Gasteiger partial charge < -0.3 is 25.4 Å². The molecule has 1 rings (SSSR count). The number of esters is 1. The van der Waals surface area contributed by atoms with E-state index >= 15 is 0 Å². The summed E-state index contributed by atoms with van der Waals surface area (Å²) in [5, 5.41) is 7.80. The normalized spacial score (nSPS) is 11.8. The summed E-state index contributed by atoms with van der Waals surface area (Å²) in [6.45, 7) is 8.40. The summed E-state index contributed by atoms with van der Waals surface area (Å²) in [5.41, 5.74) is 0.527. The molecule has 9 heteroatoms. The molecule has 0 unspecified atom stereocenters. The van der Waals surface area contributed by atoms with Gasteiger partial charge in [-0.15, -0.1) is 0 Å². The van der Waals surface area contributed by atoms with E-state index in [0.29, 0.717) is 17.8 Å². The Morgan fingerprint density at radius 1 is 1.00 bits per heavy atom. The van der Waals surface area contributed by atoms with E-state index < -0.39 is 29.7 Å². The van der Waals surface area contributed by atoms with E-state index in [0.717, 1.165) is 0 Å². The van der Waals surface area contributed by atoms with Gasteiger partial charge in [-0.2, -0.15) is 0 Å². The Morgan fingerprint density at radius 3 is 2.07 bits per heavy atom. The summed E-state index contributed by atoms with van der Waals surface area (Å²) in [7, 11) is 0. The average Bonchev–Trinajstić information content (AvgIpc) is 2.58. The molecule has 0 saturated heterocycles. The second-order valence-corrected chi connectivity index (χ2v) is 7.41. The maximum atomic E-state index is 12.1. The minimum Gasteiger partial charge on any atom is -0.453 e. The Morgan fingerprint density at radius 2 is 1.55 bits per heavy atom. The summed E-state index contributed by atoms with van der Waals surface area (Å²) < 4.78 is 10.2. The number of rotatable bonds is 8. The van der Waals surface area contributed by atoms with Crippen molar-refractivity contribution >= 4 is 35.3 Å². The summed E-state index contributed by atoms with van der Waals surface area (Å²) in [4.78, 5) is 46.5. The molecular weight excluding hydrogens is 378 g/mol. The van der Waals surface area contributed by atoms with E-state index in [-0.39, 0.29) is 18.9 Å². The molecule has 0 aromatic heterocycles. The first-order valence-electron chi connectivity index (χ1n) is 9.31. The van der Waals surface area contributed by atoms with Gasteiger partial charge in [0.05, 0.1) is 0 Å². The predicted molar refractivity (Wildman–Crippen MR) is 108 cm³/mol. The van der Waals surface area contributed by atoms with Gasteiger partial charge in [0, 0.05) is 31.3 Å². The Bertz CT molecular complexity index is 725. The van der Waals surface area contributed by atoms with Crippen LogP contribution in [-0.4, -0.2) is 42.1 Å². The zero-order chi connectivity index (χ0) is 22.0. The van der Waals surface area contributed by atoms with E-state index in [1.165, 1.54) is 13.8 Å². The molecular formula is C20H29N3O6. The summed E-state index contributed by atoms with van der Waals surface area (Å²) in [6.07, 6.45) is -1.12. The first-order valence-corrected chi connectivity index (χ1v) is 9.31. The fourth-order valence-electron chi connectivity index (χ4n) is 2.13. The highest BCUT2D eigenvalue weighted by Gasteiger charge is 2.18. The number of ether oxygens (including phenoxy) is 2. The number of carbonyl (C=O) groups is 4. The molecule has 1 atom stereocenters. The first kappa shape index (κ1) is 23.9. The van der Waals surface area contributed by atoms with E-state index in [2.05, 4.69) is 16.0 Å². The molecule has 160 valence electrons. The van der Waals surface area contributed by atoms with Crippen LogP contribution in [0.3, 0.4) is 0 Å². The second kappa shape index (κ2) is 11.0. The van der Waals surface area contributed by atoms with Crippen LogP contribution in [-0.2, 0) is 23.9 Å². The average molecular weight is 407 g/mol. The molecule has 0 aliphatic carbocycles. The zero-order valence-corrected chi connectivity index (χ0v) is 17.5. The van der Waals surface area contributed by atoms with Crippen LogP contribution in [0.25, 0.3) is 0 Å². The molecule has 0 fully saturated rings. The summed E-state index contributed by atoms with van der Waals surface area (Å²) in [6, 6.07) is 6.54. The van der Waals surface area contributed by atoms with Crippen LogP contribution in [0.5, 0.6) is 0 Å². The van der Waals surface area contributed by atoms with Crippen molar-refractivity contribution < 1.29 is 28.7 Å². The van der Waals surface area contributed by atoms with Gasteiger partial charge in [-0.25, -0.2) is 4.79 Å². The van der Waals surface area contributed by atoms with Gasteiger partial charge in [-0.1, -0.05) is 0 Å². The fraction of sp³-hybridized carbons (Fsp3) is 0.500. The van der Waals surface area contributed by atoms with Crippen molar-refractivity contribution in [3.8, 4) is 0 Å².